The van der Waals surface area contributed by atoms with Crippen molar-refractivity contribution in [2.24, 2.45) is 4.99 Å². The molecule has 50 valence electrons. The van der Waals surface area contributed by atoms with E-state index in [0.717, 1.165) is 18.6 Å². The average Bonchev–Trinajstić information content (AvgIpc) is 2.14. The van der Waals surface area contributed by atoms with Gasteiger partial charge >= 0.3 is 0 Å². The Labute approximate surface area is 70.5 Å². The maximum absolute atomic E-state index is 4.17. The Morgan fingerprint density at radius 1 is 1.78 bits per heavy atom. The van der Waals surface area contributed by atoms with Crippen LogP contribution in [0.25, 0.3) is 0 Å². The van der Waals surface area contributed by atoms with Gasteiger partial charge in [0.2, 0.25) is 0 Å². The van der Waals surface area contributed by atoms with E-state index in [1.54, 1.807) is 0 Å². The summed E-state index contributed by atoms with van der Waals surface area (Å²) in [6.07, 6.45) is 4.13. The number of aliphatic imine (C=N–C) groups is 1. The van der Waals surface area contributed by atoms with E-state index in [1.807, 2.05) is 0 Å². The summed E-state index contributed by atoms with van der Waals surface area (Å²) in [5.74, 6) is 0. The minimum Gasteiger partial charge on any atom is -0.360 e. The first-order valence-electron chi connectivity index (χ1n) is 2.91. The summed E-state index contributed by atoms with van der Waals surface area (Å²) in [6, 6.07) is 0. The molecule has 2 heteroatoms. The molecule has 0 radical (unpaired) electrons. The number of nitrogens with zero attached hydrogens (tertiary/aromatic N) is 1. The van der Waals surface area contributed by atoms with Crippen LogP contribution in [0.3, 0.4) is 0 Å². The SMILES string of the molecule is [CH2-]C1=NC(CC)=CC1.[W]. The summed E-state index contributed by atoms with van der Waals surface area (Å²) in [5, 5.41) is 0. The molecule has 1 aliphatic rings. The van der Waals surface area contributed by atoms with E-state index in [1.165, 1.54) is 5.70 Å². The molecular weight excluding hydrogens is 282 g/mol. The summed E-state index contributed by atoms with van der Waals surface area (Å²) in [6.45, 7) is 5.84. The van der Waals surface area contributed by atoms with Crippen LogP contribution >= 0.6 is 0 Å². The molecule has 1 nitrogen and oxygen atoms in total. The molecule has 1 rings (SSSR count). The molecule has 1 heterocycles. The van der Waals surface area contributed by atoms with Gasteiger partial charge in [-0.05, 0) is 12.8 Å². The minimum atomic E-state index is 0. The largest absolute Gasteiger partial charge is 0.360 e. The van der Waals surface area contributed by atoms with Gasteiger partial charge in [0.1, 0.15) is 0 Å². The number of rotatable bonds is 1. The van der Waals surface area contributed by atoms with Gasteiger partial charge in [0.05, 0.1) is 0 Å². The molecule has 9 heavy (non-hydrogen) atoms. The molecule has 0 unspecified atom stereocenters. The van der Waals surface area contributed by atoms with E-state index in [-0.39, 0.29) is 21.1 Å². The smallest absolute Gasteiger partial charge is 0.0333 e. The van der Waals surface area contributed by atoms with Gasteiger partial charge in [0.15, 0.2) is 0 Å². The van der Waals surface area contributed by atoms with Crippen molar-refractivity contribution in [3.8, 4) is 0 Å². The molecule has 0 aromatic rings. The molecule has 0 amide bonds. The van der Waals surface area contributed by atoms with Crippen LogP contribution in [0, 0.1) is 6.92 Å². The third-order valence-corrected chi connectivity index (χ3v) is 1.24. The van der Waals surface area contributed by atoms with Gasteiger partial charge in [-0.15, -0.1) is 5.71 Å². The molecule has 1 aliphatic heterocycles. The Hall–Kier alpha value is -0.0317. The molecule has 0 bridgehead atoms. The van der Waals surface area contributed by atoms with Crippen LogP contribution in [-0.4, -0.2) is 5.71 Å². The van der Waals surface area contributed by atoms with Gasteiger partial charge < -0.3 is 6.92 Å². The van der Waals surface area contributed by atoms with Crippen LogP contribution < -0.4 is 0 Å². The van der Waals surface area contributed by atoms with Crippen LogP contribution in [0.15, 0.2) is 16.8 Å². The second-order valence-corrected chi connectivity index (χ2v) is 1.93. The van der Waals surface area contributed by atoms with Crippen LogP contribution in [0.5, 0.6) is 0 Å². The first-order valence-corrected chi connectivity index (χ1v) is 2.91. The van der Waals surface area contributed by atoms with Gasteiger partial charge in [-0.3, -0.25) is 4.99 Å². The zero-order chi connectivity index (χ0) is 5.98. The molecule has 0 N–H and O–H groups in total. The average molecular weight is 292 g/mol. The zero-order valence-electron chi connectivity index (χ0n) is 5.55. The van der Waals surface area contributed by atoms with E-state index in [4.69, 9.17) is 0 Å². The first-order chi connectivity index (χ1) is 3.83. The van der Waals surface area contributed by atoms with Crippen LogP contribution in [0.4, 0.5) is 0 Å². The van der Waals surface area contributed by atoms with Crippen molar-refractivity contribution in [3.05, 3.63) is 18.7 Å². The van der Waals surface area contributed by atoms with E-state index in [9.17, 15) is 0 Å². The van der Waals surface area contributed by atoms with Crippen LogP contribution in [0.1, 0.15) is 19.8 Å². The van der Waals surface area contributed by atoms with Crippen molar-refractivity contribution in [1.29, 1.82) is 0 Å². The molecule has 0 aliphatic carbocycles. The van der Waals surface area contributed by atoms with E-state index < -0.39 is 0 Å². The fourth-order valence-corrected chi connectivity index (χ4v) is 0.753. The standard InChI is InChI=1S/C7H10N.W/c1-3-7-5-4-6(2)8-7;/h5H,2-4H2,1H3;/q-1;. The van der Waals surface area contributed by atoms with Gasteiger partial charge in [-0.2, -0.15) is 0 Å². The second kappa shape index (κ2) is 3.89. The Morgan fingerprint density at radius 2 is 2.44 bits per heavy atom. The van der Waals surface area contributed by atoms with Crippen molar-refractivity contribution in [2.75, 3.05) is 0 Å². The molecule has 0 fully saturated rings. The van der Waals surface area contributed by atoms with Crippen molar-refractivity contribution in [3.63, 3.8) is 0 Å². The monoisotopic (exact) mass is 292 g/mol. The van der Waals surface area contributed by atoms with Gasteiger partial charge in [-0.1, -0.05) is 13.0 Å². The topological polar surface area (TPSA) is 12.4 Å². The fraction of sp³-hybridized carbons (Fsp3) is 0.429. The molecule has 0 saturated carbocycles. The van der Waals surface area contributed by atoms with E-state index >= 15 is 0 Å². The number of hydrogen-bond acceptors (Lipinski definition) is 1. The third-order valence-electron chi connectivity index (χ3n) is 1.24. The van der Waals surface area contributed by atoms with Crippen molar-refractivity contribution < 1.29 is 21.1 Å². The Morgan fingerprint density at radius 3 is 2.67 bits per heavy atom. The van der Waals surface area contributed by atoms with Crippen LogP contribution in [0.2, 0.25) is 0 Å². The number of hydrogen-bond donors (Lipinski definition) is 0. The maximum Gasteiger partial charge on any atom is 0.0333 e. The Kier molecular flexibility index (Phi) is 3.88. The zero-order valence-corrected chi connectivity index (χ0v) is 8.49. The van der Waals surface area contributed by atoms with Gasteiger partial charge in [0.25, 0.3) is 0 Å². The third kappa shape index (κ3) is 2.36. The van der Waals surface area contributed by atoms with Crippen LogP contribution in [-0.2, 0) is 21.1 Å². The molecule has 0 atom stereocenters. The van der Waals surface area contributed by atoms with Gasteiger partial charge in [0, 0.05) is 26.8 Å². The number of allylic oxidation sites excluding steroid dienone is 2. The Balaban J connectivity index is 0.000000640. The predicted octanol–water partition coefficient (Wildman–Crippen LogP) is 1.96. The predicted molar refractivity (Wildman–Crippen MR) is 35.8 cm³/mol. The summed E-state index contributed by atoms with van der Waals surface area (Å²) in [4.78, 5) is 4.17. The normalized spacial score (nSPS) is 16.1. The fourth-order valence-electron chi connectivity index (χ4n) is 0.753. The molecular formula is C7H10NW-. The second-order valence-electron chi connectivity index (χ2n) is 1.93. The molecule has 0 saturated heterocycles. The molecule has 0 spiro atoms. The summed E-state index contributed by atoms with van der Waals surface area (Å²) >= 11 is 0. The molecule has 0 aromatic carbocycles. The Bertz CT molecular complexity index is 147. The van der Waals surface area contributed by atoms with Crippen molar-refractivity contribution in [1.82, 2.24) is 0 Å². The quantitative estimate of drug-likeness (QED) is 0.655. The summed E-state index contributed by atoms with van der Waals surface area (Å²) in [5.41, 5.74) is 2.19. The maximum atomic E-state index is 4.17. The molecule has 0 aromatic heterocycles. The minimum absolute atomic E-state index is 0. The first kappa shape index (κ1) is 8.97. The van der Waals surface area contributed by atoms with Gasteiger partial charge in [-0.25, -0.2) is 0 Å². The van der Waals surface area contributed by atoms with Crippen molar-refractivity contribution in [2.45, 2.75) is 19.8 Å². The van der Waals surface area contributed by atoms with E-state index in [0.29, 0.717) is 0 Å². The van der Waals surface area contributed by atoms with E-state index in [2.05, 4.69) is 24.9 Å². The summed E-state index contributed by atoms with van der Waals surface area (Å²) < 4.78 is 0. The van der Waals surface area contributed by atoms with Crippen molar-refractivity contribution >= 4 is 5.71 Å². The summed E-state index contributed by atoms with van der Waals surface area (Å²) in [7, 11) is 0.